The molecule has 3 aromatic rings. The second kappa shape index (κ2) is 8.39. The summed E-state index contributed by atoms with van der Waals surface area (Å²) in [7, 11) is 1.86. The van der Waals surface area contributed by atoms with Crippen molar-refractivity contribution in [1.82, 2.24) is 20.7 Å². The van der Waals surface area contributed by atoms with Crippen LogP contribution in [0.2, 0.25) is 0 Å². The minimum absolute atomic E-state index is 0.0361. The van der Waals surface area contributed by atoms with Gasteiger partial charge in [0.25, 0.3) is 11.8 Å². The molecule has 0 fully saturated rings. The summed E-state index contributed by atoms with van der Waals surface area (Å²) in [5.74, 6) is -1.04. The fraction of sp³-hybridized carbons (Fsp3) is 0.190. The maximum Gasteiger partial charge on any atom is 0.271 e. The van der Waals surface area contributed by atoms with E-state index in [-0.39, 0.29) is 18.4 Å². The largest absolute Gasteiger partial charge is 0.350 e. The fourth-order valence-electron chi connectivity index (χ4n) is 2.99. The molecule has 0 aliphatic heterocycles. The summed E-state index contributed by atoms with van der Waals surface area (Å²) in [6.07, 6.45) is 1.75. The van der Waals surface area contributed by atoms with Crippen LogP contribution in [0, 0.1) is 0 Å². The predicted molar refractivity (Wildman–Crippen MR) is 107 cm³/mol. The number of hydrazine groups is 1. The van der Waals surface area contributed by atoms with Crippen LogP contribution in [0.15, 0.2) is 60.8 Å². The molecule has 0 bridgehead atoms. The number of aryl methyl sites for hydroxylation is 1. The maximum atomic E-state index is 12.4. The summed E-state index contributed by atoms with van der Waals surface area (Å²) in [4.78, 5) is 36.6. The molecule has 1 aromatic heterocycles. The number of rotatable bonds is 5. The molecule has 0 aliphatic rings. The molecule has 7 nitrogen and oxygen atoms in total. The van der Waals surface area contributed by atoms with E-state index < -0.39 is 11.8 Å². The van der Waals surface area contributed by atoms with E-state index in [9.17, 15) is 14.4 Å². The highest BCUT2D eigenvalue weighted by molar-refractivity contribution is 6.07. The van der Waals surface area contributed by atoms with Gasteiger partial charge in [-0.2, -0.15) is 0 Å². The summed E-state index contributed by atoms with van der Waals surface area (Å²) in [5.41, 5.74) is 6.76. The molecule has 2 aromatic carbocycles. The number of benzene rings is 2. The van der Waals surface area contributed by atoms with E-state index in [0.717, 1.165) is 10.9 Å². The van der Waals surface area contributed by atoms with Gasteiger partial charge in [-0.3, -0.25) is 25.2 Å². The van der Waals surface area contributed by atoms with Crippen LogP contribution in [0.25, 0.3) is 10.9 Å². The zero-order chi connectivity index (χ0) is 20.1. The van der Waals surface area contributed by atoms with Gasteiger partial charge in [0.1, 0.15) is 0 Å². The first kappa shape index (κ1) is 19.2. The molecule has 0 spiro atoms. The number of fused-ring (bicyclic) bond motifs is 1. The molecule has 28 heavy (non-hydrogen) atoms. The fourth-order valence-corrected chi connectivity index (χ4v) is 2.99. The third-order valence-corrected chi connectivity index (χ3v) is 4.36. The van der Waals surface area contributed by atoms with E-state index >= 15 is 0 Å². The highest BCUT2D eigenvalue weighted by atomic mass is 16.2. The van der Waals surface area contributed by atoms with Crippen molar-refractivity contribution in [2.45, 2.75) is 19.4 Å². The highest BCUT2D eigenvalue weighted by Gasteiger charge is 2.16. The molecule has 7 heteroatoms. The normalized spacial score (nSPS) is 11.6. The maximum absolute atomic E-state index is 12.4. The van der Waals surface area contributed by atoms with Crippen LogP contribution in [0.3, 0.4) is 0 Å². The molecule has 0 saturated heterocycles. The third-order valence-electron chi connectivity index (χ3n) is 4.36. The Balaban J connectivity index is 1.52. The summed E-state index contributed by atoms with van der Waals surface area (Å²) in [6, 6.07) is 15.9. The minimum Gasteiger partial charge on any atom is -0.350 e. The lowest BCUT2D eigenvalue weighted by atomic mass is 10.1. The van der Waals surface area contributed by atoms with Crippen molar-refractivity contribution in [3.05, 3.63) is 71.9 Å². The quantitative estimate of drug-likeness (QED) is 0.594. The number of carbonyl (C=O) groups excluding carboxylic acids is 3. The summed E-state index contributed by atoms with van der Waals surface area (Å²) >= 11 is 0. The van der Waals surface area contributed by atoms with Gasteiger partial charge in [-0.05, 0) is 25.1 Å². The molecule has 1 unspecified atom stereocenters. The van der Waals surface area contributed by atoms with Crippen LogP contribution >= 0.6 is 0 Å². The topological polar surface area (TPSA) is 92.2 Å². The summed E-state index contributed by atoms with van der Waals surface area (Å²) in [6.45, 7) is 1.73. The van der Waals surface area contributed by atoms with Gasteiger partial charge in [0.2, 0.25) is 5.91 Å². The first-order valence-electron chi connectivity index (χ1n) is 8.95. The monoisotopic (exact) mass is 378 g/mol. The number of hydrogen-bond acceptors (Lipinski definition) is 3. The van der Waals surface area contributed by atoms with Crippen molar-refractivity contribution in [1.29, 1.82) is 0 Å². The van der Waals surface area contributed by atoms with Crippen molar-refractivity contribution < 1.29 is 14.4 Å². The Morgan fingerprint density at radius 2 is 1.61 bits per heavy atom. The van der Waals surface area contributed by atoms with Gasteiger partial charge < -0.3 is 9.88 Å². The Kier molecular flexibility index (Phi) is 5.74. The van der Waals surface area contributed by atoms with Crippen molar-refractivity contribution in [3.63, 3.8) is 0 Å². The number of para-hydroxylation sites is 1. The Hall–Kier alpha value is -3.61. The second-order valence-electron chi connectivity index (χ2n) is 6.62. The molecule has 3 N–H and O–H groups in total. The molecule has 0 aliphatic carbocycles. The van der Waals surface area contributed by atoms with E-state index in [4.69, 9.17) is 0 Å². The lowest BCUT2D eigenvalue weighted by molar-refractivity contribution is -0.122. The van der Waals surface area contributed by atoms with Crippen LogP contribution in [0.5, 0.6) is 0 Å². The van der Waals surface area contributed by atoms with Gasteiger partial charge in [0, 0.05) is 42.2 Å². The molecule has 1 atom stereocenters. The Morgan fingerprint density at radius 3 is 2.36 bits per heavy atom. The summed E-state index contributed by atoms with van der Waals surface area (Å²) < 4.78 is 1.85. The Morgan fingerprint density at radius 1 is 0.929 bits per heavy atom. The van der Waals surface area contributed by atoms with Crippen LogP contribution in [0.1, 0.15) is 34.1 Å². The van der Waals surface area contributed by atoms with Gasteiger partial charge in [-0.1, -0.05) is 36.4 Å². The van der Waals surface area contributed by atoms with Gasteiger partial charge >= 0.3 is 0 Å². The molecular formula is C21H22N4O3. The molecule has 0 saturated carbocycles. The number of nitrogens with one attached hydrogen (secondary N) is 3. The number of hydrogen-bond donors (Lipinski definition) is 3. The number of nitrogens with zero attached hydrogens (tertiary/aromatic N) is 1. The van der Waals surface area contributed by atoms with Gasteiger partial charge in [0.15, 0.2) is 0 Å². The highest BCUT2D eigenvalue weighted by Crippen LogP contribution is 2.19. The number of carbonyl (C=O) groups is 3. The molecular weight excluding hydrogens is 356 g/mol. The lowest BCUT2D eigenvalue weighted by Crippen LogP contribution is -2.44. The van der Waals surface area contributed by atoms with Crippen molar-refractivity contribution in [3.8, 4) is 0 Å². The first-order chi connectivity index (χ1) is 13.5. The van der Waals surface area contributed by atoms with E-state index in [1.165, 1.54) is 0 Å². The molecule has 3 rings (SSSR count). The predicted octanol–water partition coefficient (Wildman–Crippen LogP) is 2.15. The van der Waals surface area contributed by atoms with Crippen LogP contribution in [-0.2, 0) is 11.8 Å². The summed E-state index contributed by atoms with van der Waals surface area (Å²) in [5, 5.41) is 3.56. The zero-order valence-corrected chi connectivity index (χ0v) is 15.7. The van der Waals surface area contributed by atoms with E-state index in [1.54, 1.807) is 37.4 Å². The van der Waals surface area contributed by atoms with Crippen LogP contribution in [0.4, 0.5) is 0 Å². The Bertz CT molecular complexity index is 1010. The number of amides is 3. The van der Waals surface area contributed by atoms with Gasteiger partial charge in [0.05, 0.1) is 5.56 Å². The third kappa shape index (κ3) is 4.37. The van der Waals surface area contributed by atoms with E-state index in [1.807, 2.05) is 41.9 Å². The van der Waals surface area contributed by atoms with Gasteiger partial charge in [-0.25, -0.2) is 0 Å². The van der Waals surface area contributed by atoms with Crippen molar-refractivity contribution >= 4 is 28.6 Å². The zero-order valence-electron chi connectivity index (χ0n) is 15.7. The standard InChI is InChI=1S/C21H22N4O3/c1-14(22-20(27)15-8-4-3-5-9-15)12-19(26)23-24-21(28)17-13-25(2)18-11-7-6-10-16(17)18/h3-11,13-14H,12H2,1-2H3,(H,22,27)(H,23,26)(H,24,28). The molecule has 1 heterocycles. The lowest BCUT2D eigenvalue weighted by Gasteiger charge is -2.14. The van der Waals surface area contributed by atoms with Crippen LogP contribution < -0.4 is 16.2 Å². The average molecular weight is 378 g/mol. The average Bonchev–Trinajstić information content (AvgIpc) is 3.04. The minimum atomic E-state index is -0.397. The Labute approximate surface area is 162 Å². The molecule has 0 radical (unpaired) electrons. The first-order valence-corrected chi connectivity index (χ1v) is 8.95. The van der Waals surface area contributed by atoms with E-state index in [2.05, 4.69) is 16.2 Å². The van der Waals surface area contributed by atoms with Crippen molar-refractivity contribution in [2.75, 3.05) is 0 Å². The molecule has 144 valence electrons. The SMILES string of the molecule is CC(CC(=O)NNC(=O)c1cn(C)c2ccccc12)NC(=O)c1ccccc1. The van der Waals surface area contributed by atoms with E-state index in [0.29, 0.717) is 11.1 Å². The van der Waals surface area contributed by atoms with Crippen LogP contribution in [-0.4, -0.2) is 28.3 Å². The smallest absolute Gasteiger partial charge is 0.271 e. The number of aromatic nitrogens is 1. The second-order valence-corrected chi connectivity index (χ2v) is 6.62. The van der Waals surface area contributed by atoms with Crippen molar-refractivity contribution in [2.24, 2.45) is 7.05 Å². The molecule has 3 amide bonds. The van der Waals surface area contributed by atoms with Gasteiger partial charge in [-0.15, -0.1) is 0 Å².